The highest BCUT2D eigenvalue weighted by Crippen LogP contribution is 2.10. The molecule has 0 aliphatic carbocycles. The number of aromatic nitrogens is 2. The van der Waals surface area contributed by atoms with Gasteiger partial charge in [0.1, 0.15) is 5.69 Å². The summed E-state index contributed by atoms with van der Waals surface area (Å²) in [4.78, 5) is 26.9. The molecule has 0 radical (unpaired) electrons. The Bertz CT molecular complexity index is 558. The average molecular weight is 224 g/mol. The molecule has 78 valence electrons. The maximum absolute atomic E-state index is 11.5. The molecule has 6 heteroatoms. The molecule has 0 aromatic carbocycles. The smallest absolute Gasteiger partial charge is 0.355 e. The van der Waals surface area contributed by atoms with E-state index in [1.165, 1.54) is 17.4 Å². The third-order valence-electron chi connectivity index (χ3n) is 1.80. The highest BCUT2D eigenvalue weighted by Gasteiger charge is 2.12. The molecule has 0 atom stereocenters. The average Bonchev–Trinajstić information content (AvgIpc) is 2.64. The first-order valence-electron chi connectivity index (χ1n) is 4.36. The van der Waals surface area contributed by atoms with Gasteiger partial charge in [0.2, 0.25) is 0 Å². The molecule has 2 heterocycles. The van der Waals surface area contributed by atoms with Crippen molar-refractivity contribution < 1.29 is 9.53 Å². The molecular formula is C9H8N2O3S. The van der Waals surface area contributed by atoms with Gasteiger partial charge in [-0.25, -0.2) is 4.79 Å². The second-order valence-corrected chi connectivity index (χ2v) is 3.63. The van der Waals surface area contributed by atoms with Gasteiger partial charge in [0.15, 0.2) is 4.96 Å². The van der Waals surface area contributed by atoms with Crippen LogP contribution in [-0.2, 0) is 4.74 Å². The maximum atomic E-state index is 11.5. The molecule has 0 amide bonds. The first-order chi connectivity index (χ1) is 7.22. The van der Waals surface area contributed by atoms with E-state index in [2.05, 4.69) is 4.98 Å². The lowest BCUT2D eigenvalue weighted by Crippen LogP contribution is -2.16. The molecule has 0 unspecified atom stereocenters. The third kappa shape index (κ3) is 1.75. The minimum Gasteiger partial charge on any atom is -0.461 e. The number of hydrogen-bond donors (Lipinski definition) is 0. The van der Waals surface area contributed by atoms with Crippen LogP contribution < -0.4 is 5.56 Å². The zero-order valence-corrected chi connectivity index (χ0v) is 8.78. The van der Waals surface area contributed by atoms with E-state index in [0.717, 1.165) is 0 Å². The maximum Gasteiger partial charge on any atom is 0.355 e. The minimum atomic E-state index is -0.509. The summed E-state index contributed by atoms with van der Waals surface area (Å²) in [5.74, 6) is -0.509. The number of thiazole rings is 1. The lowest BCUT2D eigenvalue weighted by molar-refractivity contribution is 0.0517. The summed E-state index contributed by atoms with van der Waals surface area (Å²) in [5, 5.41) is 1.75. The van der Waals surface area contributed by atoms with Crippen molar-refractivity contribution in [2.45, 2.75) is 6.92 Å². The van der Waals surface area contributed by atoms with E-state index < -0.39 is 11.5 Å². The normalized spacial score (nSPS) is 10.5. The van der Waals surface area contributed by atoms with E-state index in [0.29, 0.717) is 4.96 Å². The van der Waals surface area contributed by atoms with Crippen molar-refractivity contribution >= 4 is 22.3 Å². The standard InChI is InChI=1S/C9H8N2O3S/c1-2-14-8(13)6-5-7(12)10-9-11(6)3-4-15-9/h3-5H,2H2,1H3. The van der Waals surface area contributed by atoms with Crippen LogP contribution in [0.2, 0.25) is 0 Å². The molecule has 5 nitrogen and oxygen atoms in total. The van der Waals surface area contributed by atoms with Crippen LogP contribution in [0.3, 0.4) is 0 Å². The van der Waals surface area contributed by atoms with Gasteiger partial charge in [-0.3, -0.25) is 9.20 Å². The highest BCUT2D eigenvalue weighted by atomic mass is 32.1. The van der Waals surface area contributed by atoms with E-state index in [1.807, 2.05) is 0 Å². The second-order valence-electron chi connectivity index (χ2n) is 2.76. The van der Waals surface area contributed by atoms with E-state index in [1.54, 1.807) is 22.9 Å². The number of carbonyl (C=O) groups is 1. The van der Waals surface area contributed by atoms with E-state index >= 15 is 0 Å². The Morgan fingerprint density at radius 2 is 2.47 bits per heavy atom. The molecular weight excluding hydrogens is 216 g/mol. The SMILES string of the molecule is CCOC(=O)c1cc(=O)nc2sccn12. The summed E-state index contributed by atoms with van der Waals surface area (Å²) in [6, 6.07) is 1.18. The molecule has 0 bridgehead atoms. The zero-order valence-electron chi connectivity index (χ0n) is 7.97. The van der Waals surface area contributed by atoms with E-state index in [9.17, 15) is 9.59 Å². The number of ether oxygens (including phenoxy) is 1. The van der Waals surface area contributed by atoms with E-state index in [-0.39, 0.29) is 12.3 Å². The molecule has 0 saturated carbocycles. The van der Waals surface area contributed by atoms with Crippen LogP contribution in [0.4, 0.5) is 0 Å². The fourth-order valence-corrected chi connectivity index (χ4v) is 1.93. The Balaban J connectivity index is 2.63. The van der Waals surface area contributed by atoms with Gasteiger partial charge in [0.05, 0.1) is 6.61 Å². The van der Waals surface area contributed by atoms with E-state index in [4.69, 9.17) is 4.74 Å². The molecule has 0 spiro atoms. The van der Waals surface area contributed by atoms with Crippen molar-refractivity contribution in [3.8, 4) is 0 Å². The molecule has 0 aliphatic heterocycles. The molecule has 2 aromatic rings. The van der Waals surface area contributed by atoms with Gasteiger partial charge < -0.3 is 4.74 Å². The Morgan fingerprint density at radius 3 is 3.20 bits per heavy atom. The Hall–Kier alpha value is -1.69. The number of carbonyl (C=O) groups excluding carboxylic acids is 1. The van der Waals surface area contributed by atoms with Gasteiger partial charge in [0, 0.05) is 17.6 Å². The van der Waals surface area contributed by atoms with Gasteiger partial charge in [-0.15, -0.1) is 11.3 Å². The van der Waals surface area contributed by atoms with Crippen LogP contribution >= 0.6 is 11.3 Å². The summed E-state index contributed by atoms with van der Waals surface area (Å²) < 4.78 is 6.38. The monoisotopic (exact) mass is 224 g/mol. The van der Waals surface area contributed by atoms with Gasteiger partial charge in [-0.1, -0.05) is 0 Å². The minimum absolute atomic E-state index is 0.216. The summed E-state index contributed by atoms with van der Waals surface area (Å²) in [5.41, 5.74) is -0.214. The van der Waals surface area contributed by atoms with Crippen molar-refractivity contribution in [2.75, 3.05) is 6.61 Å². The van der Waals surface area contributed by atoms with Crippen LogP contribution in [0.15, 0.2) is 22.4 Å². The van der Waals surface area contributed by atoms with Crippen LogP contribution in [0, 0.1) is 0 Å². The van der Waals surface area contributed by atoms with Crippen LogP contribution in [0.5, 0.6) is 0 Å². The number of hydrogen-bond acceptors (Lipinski definition) is 5. The number of fused-ring (bicyclic) bond motifs is 1. The van der Waals surface area contributed by atoms with Crippen LogP contribution in [-0.4, -0.2) is 22.0 Å². The number of nitrogens with zero attached hydrogens (tertiary/aromatic N) is 2. The van der Waals surface area contributed by atoms with Crippen molar-refractivity contribution in [3.63, 3.8) is 0 Å². The Kier molecular flexibility index (Phi) is 2.51. The van der Waals surface area contributed by atoms with Gasteiger partial charge in [-0.2, -0.15) is 4.98 Å². The van der Waals surface area contributed by atoms with Gasteiger partial charge in [0.25, 0.3) is 5.56 Å². The fraction of sp³-hybridized carbons (Fsp3) is 0.222. The molecule has 15 heavy (non-hydrogen) atoms. The molecule has 2 aromatic heterocycles. The molecule has 0 fully saturated rings. The third-order valence-corrected chi connectivity index (χ3v) is 2.56. The fourth-order valence-electron chi connectivity index (χ4n) is 1.21. The largest absolute Gasteiger partial charge is 0.461 e. The molecule has 0 N–H and O–H groups in total. The van der Waals surface area contributed by atoms with Gasteiger partial charge >= 0.3 is 5.97 Å². The predicted molar refractivity (Wildman–Crippen MR) is 55.3 cm³/mol. The lowest BCUT2D eigenvalue weighted by atomic mass is 10.4. The van der Waals surface area contributed by atoms with Crippen molar-refractivity contribution in [3.05, 3.63) is 33.7 Å². The van der Waals surface area contributed by atoms with Crippen molar-refractivity contribution in [2.24, 2.45) is 0 Å². The van der Waals surface area contributed by atoms with Gasteiger partial charge in [-0.05, 0) is 6.92 Å². The van der Waals surface area contributed by atoms with Crippen LogP contribution in [0.1, 0.15) is 17.4 Å². The summed E-state index contributed by atoms with van der Waals surface area (Å²) in [6.07, 6.45) is 1.68. The summed E-state index contributed by atoms with van der Waals surface area (Å²) in [7, 11) is 0. The highest BCUT2D eigenvalue weighted by molar-refractivity contribution is 7.15. The number of esters is 1. The lowest BCUT2D eigenvalue weighted by Gasteiger charge is -2.03. The van der Waals surface area contributed by atoms with Crippen molar-refractivity contribution in [1.82, 2.24) is 9.38 Å². The summed E-state index contributed by atoms with van der Waals surface area (Å²) >= 11 is 1.30. The quantitative estimate of drug-likeness (QED) is 0.712. The second kappa shape index (κ2) is 3.82. The summed E-state index contributed by atoms with van der Waals surface area (Å²) in [6.45, 7) is 1.99. The molecule has 0 saturated heterocycles. The first kappa shape index (κ1) is 9.85. The first-order valence-corrected chi connectivity index (χ1v) is 5.24. The molecule has 2 rings (SSSR count). The number of rotatable bonds is 2. The Labute approximate surface area is 89.0 Å². The van der Waals surface area contributed by atoms with Crippen molar-refractivity contribution in [1.29, 1.82) is 0 Å². The topological polar surface area (TPSA) is 60.7 Å². The predicted octanol–water partition coefficient (Wildman–Crippen LogP) is 0.933. The zero-order chi connectivity index (χ0) is 10.8. The van der Waals surface area contributed by atoms with Crippen LogP contribution in [0.25, 0.3) is 4.96 Å². The molecule has 0 aliphatic rings. The Morgan fingerprint density at radius 1 is 1.67 bits per heavy atom.